The van der Waals surface area contributed by atoms with E-state index >= 15 is 0 Å². The Hall–Kier alpha value is -0.860. The number of nitrogens with one attached hydrogen (secondary N) is 1. The van der Waals surface area contributed by atoms with Crippen LogP contribution in [-0.2, 0) is 0 Å². The Morgan fingerprint density at radius 1 is 1.10 bits per heavy atom. The fraction of sp³-hybridized carbons (Fsp3) is 0.667. The lowest BCUT2D eigenvalue weighted by molar-refractivity contribution is 0.165. The zero-order valence-corrected chi connectivity index (χ0v) is 13.3. The largest absolute Gasteiger partial charge is 0.387 e. The van der Waals surface area contributed by atoms with Crippen LogP contribution >= 0.6 is 0 Å². The van der Waals surface area contributed by atoms with Gasteiger partial charge in [-0.2, -0.15) is 0 Å². The molecule has 0 saturated heterocycles. The monoisotopic (exact) mass is 275 g/mol. The Morgan fingerprint density at radius 2 is 1.70 bits per heavy atom. The van der Waals surface area contributed by atoms with Crippen molar-refractivity contribution < 1.29 is 5.11 Å². The first-order valence-corrected chi connectivity index (χ1v) is 8.00. The van der Waals surface area contributed by atoms with E-state index in [1.54, 1.807) is 0 Å². The summed E-state index contributed by atoms with van der Waals surface area (Å²) in [4.78, 5) is 0. The molecule has 1 saturated carbocycles. The van der Waals surface area contributed by atoms with E-state index in [0.717, 1.165) is 11.5 Å². The Morgan fingerprint density at radius 3 is 2.20 bits per heavy atom. The van der Waals surface area contributed by atoms with Gasteiger partial charge < -0.3 is 10.4 Å². The maximum Gasteiger partial charge on any atom is 0.0914 e. The Labute approximate surface area is 123 Å². The molecule has 0 aromatic heterocycles. The zero-order chi connectivity index (χ0) is 14.7. The molecule has 0 bridgehead atoms. The second-order valence-electron chi connectivity index (χ2n) is 6.77. The summed E-state index contributed by atoms with van der Waals surface area (Å²) in [6, 6.07) is 8.94. The van der Waals surface area contributed by atoms with Crippen LogP contribution in [0.15, 0.2) is 24.3 Å². The van der Waals surface area contributed by atoms with Gasteiger partial charge in [0.25, 0.3) is 0 Å². The van der Waals surface area contributed by atoms with Gasteiger partial charge in [-0.05, 0) is 41.7 Å². The first-order valence-electron chi connectivity index (χ1n) is 8.00. The van der Waals surface area contributed by atoms with E-state index in [1.165, 1.54) is 18.4 Å². The smallest absolute Gasteiger partial charge is 0.0914 e. The number of hydrogen-bond donors (Lipinski definition) is 2. The molecule has 1 aromatic carbocycles. The summed E-state index contributed by atoms with van der Waals surface area (Å²) in [6.45, 7) is 9.68. The first kappa shape index (κ1) is 15.5. The molecule has 2 nitrogen and oxygen atoms in total. The summed E-state index contributed by atoms with van der Waals surface area (Å²) in [5.41, 5.74) is 2.34. The Balaban J connectivity index is 1.87. The summed E-state index contributed by atoms with van der Waals surface area (Å²) < 4.78 is 0. The molecular weight excluding hydrogens is 246 g/mol. The molecule has 1 aromatic rings. The fourth-order valence-electron chi connectivity index (χ4n) is 3.14. The van der Waals surface area contributed by atoms with Crippen LogP contribution in [0.4, 0.5) is 0 Å². The van der Waals surface area contributed by atoms with Crippen molar-refractivity contribution in [2.75, 3.05) is 6.54 Å². The van der Waals surface area contributed by atoms with E-state index in [4.69, 9.17) is 0 Å². The quantitative estimate of drug-likeness (QED) is 0.855. The van der Waals surface area contributed by atoms with Gasteiger partial charge in [0.2, 0.25) is 0 Å². The molecule has 4 unspecified atom stereocenters. The van der Waals surface area contributed by atoms with Crippen LogP contribution in [0.1, 0.15) is 63.7 Å². The SMILES string of the molecule is CC(C)c1ccc(C(O)CNC2CCC(C)C2C)cc1. The van der Waals surface area contributed by atoms with E-state index < -0.39 is 6.10 Å². The fourth-order valence-corrected chi connectivity index (χ4v) is 3.14. The molecule has 0 amide bonds. The molecule has 4 atom stereocenters. The van der Waals surface area contributed by atoms with Crippen LogP contribution in [-0.4, -0.2) is 17.7 Å². The third-order valence-corrected chi connectivity index (χ3v) is 5.03. The van der Waals surface area contributed by atoms with Crippen LogP contribution in [0.25, 0.3) is 0 Å². The molecule has 20 heavy (non-hydrogen) atoms. The molecule has 2 rings (SSSR count). The molecule has 0 radical (unpaired) electrons. The van der Waals surface area contributed by atoms with Crippen LogP contribution in [0.5, 0.6) is 0 Å². The van der Waals surface area contributed by atoms with Gasteiger partial charge in [0, 0.05) is 12.6 Å². The lowest BCUT2D eigenvalue weighted by Crippen LogP contribution is -2.35. The highest BCUT2D eigenvalue weighted by atomic mass is 16.3. The third-order valence-electron chi connectivity index (χ3n) is 5.03. The van der Waals surface area contributed by atoms with Gasteiger partial charge in [-0.15, -0.1) is 0 Å². The minimum atomic E-state index is -0.403. The number of rotatable bonds is 5. The second-order valence-corrected chi connectivity index (χ2v) is 6.77. The van der Waals surface area contributed by atoms with Gasteiger partial charge in [-0.1, -0.05) is 52.0 Å². The number of aliphatic hydroxyl groups is 1. The lowest BCUT2D eigenvalue weighted by atomic mass is 9.97. The van der Waals surface area contributed by atoms with Gasteiger partial charge in [0.1, 0.15) is 0 Å². The normalized spacial score (nSPS) is 28.0. The average Bonchev–Trinajstić information content (AvgIpc) is 2.76. The van der Waals surface area contributed by atoms with Gasteiger partial charge in [0.15, 0.2) is 0 Å². The van der Waals surface area contributed by atoms with E-state index in [0.29, 0.717) is 24.4 Å². The summed E-state index contributed by atoms with van der Waals surface area (Å²) in [6.07, 6.45) is 2.14. The Bertz CT molecular complexity index is 412. The molecule has 0 heterocycles. The maximum absolute atomic E-state index is 10.3. The first-order chi connectivity index (χ1) is 9.49. The van der Waals surface area contributed by atoms with E-state index in [2.05, 4.69) is 57.3 Å². The summed E-state index contributed by atoms with van der Waals surface area (Å²) in [7, 11) is 0. The molecule has 0 spiro atoms. The molecule has 2 N–H and O–H groups in total. The van der Waals surface area contributed by atoms with Crippen molar-refractivity contribution in [3.05, 3.63) is 35.4 Å². The van der Waals surface area contributed by atoms with Crippen molar-refractivity contribution in [2.24, 2.45) is 11.8 Å². The highest BCUT2D eigenvalue weighted by Crippen LogP contribution is 2.31. The number of hydrogen-bond acceptors (Lipinski definition) is 2. The second kappa shape index (κ2) is 6.73. The maximum atomic E-state index is 10.3. The minimum absolute atomic E-state index is 0.403. The lowest BCUT2D eigenvalue weighted by Gasteiger charge is -2.22. The van der Waals surface area contributed by atoms with Crippen LogP contribution in [0, 0.1) is 11.8 Å². The third kappa shape index (κ3) is 3.62. The van der Waals surface area contributed by atoms with Crippen molar-refractivity contribution in [1.82, 2.24) is 5.32 Å². The molecule has 2 heteroatoms. The molecule has 1 aliphatic rings. The summed E-state index contributed by atoms with van der Waals surface area (Å²) in [5.74, 6) is 2.06. The highest BCUT2D eigenvalue weighted by molar-refractivity contribution is 5.26. The van der Waals surface area contributed by atoms with Gasteiger partial charge >= 0.3 is 0 Å². The van der Waals surface area contributed by atoms with Crippen molar-refractivity contribution in [3.63, 3.8) is 0 Å². The van der Waals surface area contributed by atoms with Crippen molar-refractivity contribution >= 4 is 0 Å². The van der Waals surface area contributed by atoms with Crippen LogP contribution < -0.4 is 5.32 Å². The molecule has 112 valence electrons. The number of benzene rings is 1. The minimum Gasteiger partial charge on any atom is -0.387 e. The van der Waals surface area contributed by atoms with Gasteiger partial charge in [-0.25, -0.2) is 0 Å². The zero-order valence-electron chi connectivity index (χ0n) is 13.3. The topological polar surface area (TPSA) is 32.3 Å². The van der Waals surface area contributed by atoms with Gasteiger partial charge in [0.05, 0.1) is 6.10 Å². The van der Waals surface area contributed by atoms with Crippen molar-refractivity contribution in [3.8, 4) is 0 Å². The average molecular weight is 275 g/mol. The predicted molar refractivity (Wildman–Crippen MR) is 84.8 cm³/mol. The summed E-state index contributed by atoms with van der Waals surface area (Å²) >= 11 is 0. The van der Waals surface area contributed by atoms with Crippen LogP contribution in [0.3, 0.4) is 0 Å². The standard InChI is InChI=1S/C18H29NO/c1-12(2)15-6-8-16(9-7-15)18(20)11-19-17-10-5-13(3)14(17)4/h6-9,12-14,17-20H,5,10-11H2,1-4H3. The number of aliphatic hydroxyl groups excluding tert-OH is 1. The molecule has 1 aliphatic carbocycles. The molecular formula is C18H29NO. The Kier molecular flexibility index (Phi) is 5.22. The molecule has 1 fully saturated rings. The van der Waals surface area contributed by atoms with Crippen molar-refractivity contribution in [1.29, 1.82) is 0 Å². The van der Waals surface area contributed by atoms with Crippen molar-refractivity contribution in [2.45, 2.75) is 58.6 Å². The van der Waals surface area contributed by atoms with E-state index in [1.807, 2.05) is 0 Å². The summed E-state index contributed by atoms with van der Waals surface area (Å²) in [5, 5.41) is 13.8. The highest BCUT2D eigenvalue weighted by Gasteiger charge is 2.29. The van der Waals surface area contributed by atoms with Gasteiger partial charge in [-0.3, -0.25) is 0 Å². The van der Waals surface area contributed by atoms with E-state index in [9.17, 15) is 5.11 Å². The predicted octanol–water partition coefficient (Wildman–Crippen LogP) is 3.87. The van der Waals surface area contributed by atoms with Crippen LogP contribution in [0.2, 0.25) is 0 Å². The molecule has 0 aliphatic heterocycles. The van der Waals surface area contributed by atoms with E-state index in [-0.39, 0.29) is 0 Å².